The van der Waals surface area contributed by atoms with Crippen molar-refractivity contribution in [3.63, 3.8) is 0 Å². The molecule has 2 nitrogen and oxygen atoms in total. The van der Waals surface area contributed by atoms with Crippen LogP contribution in [0, 0.1) is 5.82 Å². The van der Waals surface area contributed by atoms with Crippen LogP contribution in [0.4, 0.5) is 4.39 Å². The van der Waals surface area contributed by atoms with Crippen LogP contribution in [-0.4, -0.2) is 9.55 Å². The van der Waals surface area contributed by atoms with Crippen molar-refractivity contribution in [2.45, 2.75) is 12.4 Å². The van der Waals surface area contributed by atoms with E-state index >= 15 is 0 Å². The Balaban J connectivity index is 2.07. The van der Waals surface area contributed by atoms with E-state index < -0.39 is 0 Å². The number of nitrogens with zero attached hydrogens (tertiary/aromatic N) is 2. The van der Waals surface area contributed by atoms with Crippen molar-refractivity contribution >= 4 is 34.2 Å². The Morgan fingerprint density at radius 3 is 2.55 bits per heavy atom. The standard InChI is InChI=1S/C15H11Cl2FN2/c16-8-15-19-13-7-12(18)5-6-14(13)20(15)9-10-1-3-11(17)4-2-10/h1-7H,8-9H2. The number of fused-ring (bicyclic) bond motifs is 1. The minimum Gasteiger partial charge on any atom is -0.322 e. The van der Waals surface area contributed by atoms with Gasteiger partial charge in [-0.2, -0.15) is 0 Å². The van der Waals surface area contributed by atoms with Crippen LogP contribution >= 0.6 is 23.2 Å². The van der Waals surface area contributed by atoms with Crippen LogP contribution < -0.4 is 0 Å². The second kappa shape index (κ2) is 5.43. The molecule has 0 radical (unpaired) electrons. The minimum atomic E-state index is -0.297. The molecule has 2 aromatic carbocycles. The summed E-state index contributed by atoms with van der Waals surface area (Å²) in [5.74, 6) is 0.709. The molecular weight excluding hydrogens is 298 g/mol. The number of benzene rings is 2. The van der Waals surface area contributed by atoms with Gasteiger partial charge in [-0.15, -0.1) is 11.6 Å². The summed E-state index contributed by atoms with van der Waals surface area (Å²) in [5.41, 5.74) is 2.58. The lowest BCUT2D eigenvalue weighted by Crippen LogP contribution is -2.03. The Morgan fingerprint density at radius 1 is 1.10 bits per heavy atom. The molecule has 5 heteroatoms. The SMILES string of the molecule is Fc1ccc2c(c1)nc(CCl)n2Cc1ccc(Cl)cc1. The maximum atomic E-state index is 13.3. The topological polar surface area (TPSA) is 17.8 Å². The fourth-order valence-electron chi connectivity index (χ4n) is 2.20. The molecular formula is C15H11Cl2FN2. The second-order valence-corrected chi connectivity index (χ2v) is 5.21. The zero-order valence-electron chi connectivity index (χ0n) is 10.5. The van der Waals surface area contributed by atoms with Gasteiger partial charge in [0.05, 0.1) is 16.9 Å². The predicted octanol–water partition coefficient (Wildman–Crippen LogP) is 4.62. The van der Waals surface area contributed by atoms with E-state index in [1.807, 2.05) is 28.8 Å². The molecule has 0 aliphatic rings. The van der Waals surface area contributed by atoms with Gasteiger partial charge in [-0.3, -0.25) is 0 Å². The molecule has 102 valence electrons. The normalized spacial score (nSPS) is 11.2. The molecule has 0 atom stereocenters. The molecule has 3 aromatic rings. The van der Waals surface area contributed by atoms with Gasteiger partial charge < -0.3 is 4.57 Å². The maximum Gasteiger partial charge on any atom is 0.125 e. The van der Waals surface area contributed by atoms with E-state index in [4.69, 9.17) is 23.2 Å². The number of hydrogen-bond donors (Lipinski definition) is 0. The van der Waals surface area contributed by atoms with E-state index in [9.17, 15) is 4.39 Å². The molecule has 0 fully saturated rings. The first-order chi connectivity index (χ1) is 9.67. The van der Waals surface area contributed by atoms with Gasteiger partial charge in [0.15, 0.2) is 0 Å². The number of alkyl halides is 1. The summed E-state index contributed by atoms with van der Waals surface area (Å²) >= 11 is 11.8. The number of rotatable bonds is 3. The Kier molecular flexibility index (Phi) is 3.64. The molecule has 1 heterocycles. The fourth-order valence-corrected chi connectivity index (χ4v) is 2.53. The van der Waals surface area contributed by atoms with Crippen LogP contribution in [0.5, 0.6) is 0 Å². The summed E-state index contributed by atoms with van der Waals surface area (Å²) in [6.45, 7) is 0.626. The second-order valence-electron chi connectivity index (χ2n) is 4.51. The lowest BCUT2D eigenvalue weighted by molar-refractivity contribution is 0.629. The Bertz CT molecular complexity index is 750. The third kappa shape index (κ3) is 2.51. The van der Waals surface area contributed by atoms with Crippen LogP contribution in [0.15, 0.2) is 42.5 Å². The zero-order chi connectivity index (χ0) is 14.1. The Labute approximate surface area is 125 Å². The van der Waals surface area contributed by atoms with E-state index in [0.717, 1.165) is 16.9 Å². The third-order valence-electron chi connectivity index (χ3n) is 3.16. The van der Waals surface area contributed by atoms with Gasteiger partial charge in [0, 0.05) is 17.6 Å². The average Bonchev–Trinajstić information content (AvgIpc) is 2.78. The molecule has 0 amide bonds. The summed E-state index contributed by atoms with van der Waals surface area (Å²) in [6, 6.07) is 12.2. The highest BCUT2D eigenvalue weighted by atomic mass is 35.5. The minimum absolute atomic E-state index is 0.282. The van der Waals surface area contributed by atoms with Gasteiger partial charge in [-0.1, -0.05) is 23.7 Å². The van der Waals surface area contributed by atoms with Crippen LogP contribution in [0.25, 0.3) is 11.0 Å². The van der Waals surface area contributed by atoms with E-state index in [1.165, 1.54) is 12.1 Å². The summed E-state index contributed by atoms with van der Waals surface area (Å²) in [5, 5.41) is 0.698. The summed E-state index contributed by atoms with van der Waals surface area (Å²) in [4.78, 5) is 4.37. The van der Waals surface area contributed by atoms with Gasteiger partial charge in [0.2, 0.25) is 0 Å². The van der Waals surface area contributed by atoms with Crippen LogP contribution in [0.2, 0.25) is 5.02 Å². The maximum absolute atomic E-state index is 13.3. The van der Waals surface area contributed by atoms with Crippen LogP contribution in [0.1, 0.15) is 11.4 Å². The average molecular weight is 309 g/mol. The van der Waals surface area contributed by atoms with E-state index in [1.54, 1.807) is 6.07 Å². The molecule has 3 rings (SSSR count). The first-order valence-electron chi connectivity index (χ1n) is 6.12. The van der Waals surface area contributed by atoms with Crippen LogP contribution in [-0.2, 0) is 12.4 Å². The monoisotopic (exact) mass is 308 g/mol. The number of hydrogen-bond acceptors (Lipinski definition) is 1. The molecule has 0 bridgehead atoms. The van der Waals surface area contributed by atoms with Gasteiger partial charge >= 0.3 is 0 Å². The predicted molar refractivity (Wildman–Crippen MR) is 79.8 cm³/mol. The Morgan fingerprint density at radius 2 is 1.85 bits per heavy atom. The van der Waals surface area contributed by atoms with E-state index in [0.29, 0.717) is 17.1 Å². The number of aromatic nitrogens is 2. The highest BCUT2D eigenvalue weighted by Gasteiger charge is 2.11. The molecule has 0 saturated heterocycles. The summed E-state index contributed by atoms with van der Waals surface area (Å²) < 4.78 is 15.2. The highest BCUT2D eigenvalue weighted by Crippen LogP contribution is 2.21. The molecule has 0 saturated carbocycles. The highest BCUT2D eigenvalue weighted by molar-refractivity contribution is 6.30. The summed E-state index contributed by atoms with van der Waals surface area (Å²) in [7, 11) is 0. The molecule has 1 aromatic heterocycles. The van der Waals surface area contributed by atoms with Crippen molar-refractivity contribution in [3.05, 3.63) is 64.7 Å². The smallest absolute Gasteiger partial charge is 0.125 e. The molecule has 20 heavy (non-hydrogen) atoms. The molecule has 0 aliphatic heterocycles. The largest absolute Gasteiger partial charge is 0.322 e. The molecule has 0 N–H and O–H groups in total. The first kappa shape index (κ1) is 13.4. The van der Waals surface area contributed by atoms with Crippen molar-refractivity contribution in [1.82, 2.24) is 9.55 Å². The number of halogens is 3. The van der Waals surface area contributed by atoms with Crippen molar-refractivity contribution < 1.29 is 4.39 Å². The number of imidazole rings is 1. The van der Waals surface area contributed by atoms with E-state index in [-0.39, 0.29) is 11.7 Å². The van der Waals surface area contributed by atoms with Crippen LogP contribution in [0.3, 0.4) is 0 Å². The summed E-state index contributed by atoms with van der Waals surface area (Å²) in [6.07, 6.45) is 0. The van der Waals surface area contributed by atoms with Gasteiger partial charge in [0.25, 0.3) is 0 Å². The first-order valence-corrected chi connectivity index (χ1v) is 7.03. The van der Waals surface area contributed by atoms with Crippen molar-refractivity contribution in [3.8, 4) is 0 Å². The van der Waals surface area contributed by atoms with Gasteiger partial charge in [-0.05, 0) is 29.8 Å². The Hall–Kier alpha value is -1.58. The quantitative estimate of drug-likeness (QED) is 0.646. The van der Waals surface area contributed by atoms with Crippen molar-refractivity contribution in [2.24, 2.45) is 0 Å². The molecule has 0 unspecified atom stereocenters. The molecule has 0 aliphatic carbocycles. The fraction of sp³-hybridized carbons (Fsp3) is 0.133. The zero-order valence-corrected chi connectivity index (χ0v) is 12.0. The molecule has 0 spiro atoms. The van der Waals surface area contributed by atoms with Gasteiger partial charge in [0.1, 0.15) is 11.6 Å². The van der Waals surface area contributed by atoms with E-state index in [2.05, 4.69) is 4.98 Å². The third-order valence-corrected chi connectivity index (χ3v) is 3.65. The van der Waals surface area contributed by atoms with Gasteiger partial charge in [-0.25, -0.2) is 9.37 Å². The van der Waals surface area contributed by atoms with Crippen molar-refractivity contribution in [2.75, 3.05) is 0 Å². The lowest BCUT2D eigenvalue weighted by atomic mass is 10.2. The van der Waals surface area contributed by atoms with Crippen molar-refractivity contribution in [1.29, 1.82) is 0 Å². The lowest BCUT2D eigenvalue weighted by Gasteiger charge is -2.08.